The highest BCUT2D eigenvalue weighted by atomic mass is 16.5. The topological polar surface area (TPSA) is 63.6 Å². The SMILES string of the molecule is C=CCC(C)/C=C(\C)COC(=O)c1ccccc1-c1ccccc1C(=O)O. The molecule has 2 aromatic rings. The van der Waals surface area contributed by atoms with Gasteiger partial charge in [-0.3, -0.25) is 0 Å². The first-order chi connectivity index (χ1) is 12.9. The number of carbonyl (C=O) groups is 2. The molecule has 0 aliphatic rings. The van der Waals surface area contributed by atoms with Crippen LogP contribution in [0, 0.1) is 5.92 Å². The minimum absolute atomic E-state index is 0.145. The van der Waals surface area contributed by atoms with Gasteiger partial charge in [-0.2, -0.15) is 0 Å². The maximum atomic E-state index is 12.6. The summed E-state index contributed by atoms with van der Waals surface area (Å²) in [6.07, 6.45) is 4.78. The molecule has 0 amide bonds. The van der Waals surface area contributed by atoms with Crippen molar-refractivity contribution in [1.82, 2.24) is 0 Å². The van der Waals surface area contributed by atoms with Crippen LogP contribution in [0.1, 0.15) is 41.0 Å². The third kappa shape index (κ3) is 5.42. The highest BCUT2D eigenvalue weighted by molar-refractivity contribution is 6.02. The monoisotopic (exact) mass is 364 g/mol. The highest BCUT2D eigenvalue weighted by Gasteiger charge is 2.18. The Balaban J connectivity index is 2.25. The Hall–Kier alpha value is -3.14. The zero-order valence-electron chi connectivity index (χ0n) is 15.6. The molecule has 0 aromatic heterocycles. The number of ether oxygens (including phenoxy) is 1. The quantitative estimate of drug-likeness (QED) is 0.505. The summed E-state index contributed by atoms with van der Waals surface area (Å²) in [4.78, 5) is 24.1. The van der Waals surface area contributed by atoms with Gasteiger partial charge in [0.1, 0.15) is 6.61 Å². The Labute approximate surface area is 159 Å². The van der Waals surface area contributed by atoms with Crippen LogP contribution in [0.4, 0.5) is 0 Å². The number of esters is 1. The van der Waals surface area contributed by atoms with Crippen molar-refractivity contribution in [3.8, 4) is 11.1 Å². The summed E-state index contributed by atoms with van der Waals surface area (Å²) in [5.74, 6) is -1.19. The van der Waals surface area contributed by atoms with Crippen LogP contribution in [0.2, 0.25) is 0 Å². The van der Waals surface area contributed by atoms with Crippen LogP contribution >= 0.6 is 0 Å². The minimum Gasteiger partial charge on any atom is -0.478 e. The Kier molecular flexibility index (Phi) is 7.12. The molecule has 0 spiro atoms. The van der Waals surface area contributed by atoms with E-state index in [1.807, 2.05) is 13.0 Å². The molecular weight excluding hydrogens is 340 g/mol. The van der Waals surface area contributed by atoms with Gasteiger partial charge in [0, 0.05) is 0 Å². The third-order valence-corrected chi connectivity index (χ3v) is 4.13. The number of carboxylic acid groups (broad SMARTS) is 1. The molecule has 2 rings (SSSR count). The summed E-state index contributed by atoms with van der Waals surface area (Å²) in [5.41, 5.74) is 2.48. The van der Waals surface area contributed by atoms with Crippen LogP contribution in [-0.2, 0) is 4.74 Å². The lowest BCUT2D eigenvalue weighted by molar-refractivity contribution is 0.0539. The lowest BCUT2D eigenvalue weighted by Crippen LogP contribution is -2.10. The molecule has 0 aliphatic heterocycles. The maximum Gasteiger partial charge on any atom is 0.339 e. The average Bonchev–Trinajstić information content (AvgIpc) is 2.66. The van der Waals surface area contributed by atoms with E-state index in [2.05, 4.69) is 19.6 Å². The standard InChI is InChI=1S/C23H24O4/c1-4-9-16(2)14-17(3)15-27-23(26)21-13-8-6-11-19(21)18-10-5-7-12-20(18)22(24)25/h4-8,10-14,16H,1,9,15H2,2-3H3,(H,24,25)/b17-14+. The van der Waals surface area contributed by atoms with Gasteiger partial charge < -0.3 is 9.84 Å². The maximum absolute atomic E-state index is 12.6. The Bertz CT molecular complexity index is 864. The molecule has 4 nitrogen and oxygen atoms in total. The van der Waals surface area contributed by atoms with E-state index in [9.17, 15) is 14.7 Å². The van der Waals surface area contributed by atoms with Crippen molar-refractivity contribution >= 4 is 11.9 Å². The number of carbonyl (C=O) groups excluding carboxylic acids is 1. The van der Waals surface area contributed by atoms with E-state index in [1.54, 1.807) is 42.5 Å². The van der Waals surface area contributed by atoms with Gasteiger partial charge in [-0.1, -0.05) is 55.5 Å². The van der Waals surface area contributed by atoms with E-state index in [4.69, 9.17) is 4.74 Å². The van der Waals surface area contributed by atoms with Gasteiger partial charge in [-0.15, -0.1) is 6.58 Å². The number of aromatic carboxylic acids is 1. The molecule has 0 saturated carbocycles. The van der Waals surface area contributed by atoms with Crippen LogP contribution in [0.15, 0.2) is 72.8 Å². The van der Waals surface area contributed by atoms with E-state index in [1.165, 1.54) is 6.07 Å². The smallest absolute Gasteiger partial charge is 0.339 e. The molecule has 140 valence electrons. The van der Waals surface area contributed by atoms with Crippen molar-refractivity contribution < 1.29 is 19.4 Å². The number of hydrogen-bond donors (Lipinski definition) is 1. The van der Waals surface area contributed by atoms with Crippen LogP contribution in [0.25, 0.3) is 11.1 Å². The van der Waals surface area contributed by atoms with Crippen LogP contribution in [-0.4, -0.2) is 23.7 Å². The molecule has 0 radical (unpaired) electrons. The molecule has 0 fully saturated rings. The van der Waals surface area contributed by atoms with Gasteiger partial charge in [0.25, 0.3) is 0 Å². The van der Waals surface area contributed by atoms with E-state index in [0.717, 1.165) is 12.0 Å². The molecule has 1 unspecified atom stereocenters. The summed E-state index contributed by atoms with van der Waals surface area (Å²) in [7, 11) is 0. The molecule has 0 saturated heterocycles. The van der Waals surface area contributed by atoms with Crippen molar-refractivity contribution in [2.45, 2.75) is 20.3 Å². The normalized spacial score (nSPS) is 12.3. The molecule has 0 heterocycles. The molecule has 0 bridgehead atoms. The van der Waals surface area contributed by atoms with Crippen molar-refractivity contribution in [2.24, 2.45) is 5.92 Å². The predicted octanol–water partition coefficient (Wildman–Crippen LogP) is 5.37. The minimum atomic E-state index is -1.04. The number of carboxylic acids is 1. The van der Waals surface area contributed by atoms with Crippen LogP contribution in [0.5, 0.6) is 0 Å². The second-order valence-corrected chi connectivity index (χ2v) is 6.49. The number of allylic oxidation sites excluding steroid dienone is 2. The predicted molar refractivity (Wildman–Crippen MR) is 107 cm³/mol. The molecule has 0 aliphatic carbocycles. The van der Waals surface area contributed by atoms with E-state index >= 15 is 0 Å². The van der Waals surface area contributed by atoms with Gasteiger partial charge >= 0.3 is 11.9 Å². The third-order valence-electron chi connectivity index (χ3n) is 4.13. The summed E-state index contributed by atoms with van der Waals surface area (Å²) in [6.45, 7) is 7.90. The lowest BCUT2D eigenvalue weighted by atomic mass is 9.95. The average molecular weight is 364 g/mol. The van der Waals surface area contributed by atoms with Crippen molar-refractivity contribution in [2.75, 3.05) is 6.61 Å². The second-order valence-electron chi connectivity index (χ2n) is 6.49. The summed E-state index contributed by atoms with van der Waals surface area (Å²) in [5, 5.41) is 9.43. The largest absolute Gasteiger partial charge is 0.478 e. The lowest BCUT2D eigenvalue weighted by Gasteiger charge is -2.12. The molecular formula is C23H24O4. The van der Waals surface area contributed by atoms with Gasteiger partial charge in [0.15, 0.2) is 0 Å². The first-order valence-corrected chi connectivity index (χ1v) is 8.81. The Morgan fingerprint density at radius 2 is 1.63 bits per heavy atom. The Morgan fingerprint density at radius 1 is 1.07 bits per heavy atom. The van der Waals surface area contributed by atoms with Crippen LogP contribution < -0.4 is 0 Å². The van der Waals surface area contributed by atoms with E-state index in [-0.39, 0.29) is 12.2 Å². The zero-order chi connectivity index (χ0) is 19.8. The first-order valence-electron chi connectivity index (χ1n) is 8.81. The fraction of sp³-hybridized carbons (Fsp3) is 0.217. The van der Waals surface area contributed by atoms with E-state index in [0.29, 0.717) is 22.6 Å². The van der Waals surface area contributed by atoms with Gasteiger partial charge in [-0.25, -0.2) is 9.59 Å². The van der Waals surface area contributed by atoms with E-state index < -0.39 is 11.9 Å². The van der Waals surface area contributed by atoms with Crippen molar-refractivity contribution in [3.63, 3.8) is 0 Å². The summed E-state index contributed by atoms with van der Waals surface area (Å²) < 4.78 is 5.45. The molecule has 2 aromatic carbocycles. The molecule has 27 heavy (non-hydrogen) atoms. The molecule has 1 atom stereocenters. The van der Waals surface area contributed by atoms with Crippen molar-refractivity contribution in [1.29, 1.82) is 0 Å². The summed E-state index contributed by atoms with van der Waals surface area (Å²) in [6, 6.07) is 13.5. The molecule has 1 N–H and O–H groups in total. The van der Waals surface area contributed by atoms with Gasteiger partial charge in [0.05, 0.1) is 11.1 Å². The number of hydrogen-bond acceptors (Lipinski definition) is 3. The highest BCUT2D eigenvalue weighted by Crippen LogP contribution is 2.28. The van der Waals surface area contributed by atoms with Crippen molar-refractivity contribution in [3.05, 3.63) is 84.0 Å². The summed E-state index contributed by atoms with van der Waals surface area (Å²) >= 11 is 0. The fourth-order valence-corrected chi connectivity index (χ4v) is 2.92. The molecule has 4 heteroatoms. The first kappa shape index (κ1) is 20.2. The fourth-order valence-electron chi connectivity index (χ4n) is 2.92. The number of rotatable bonds is 8. The Morgan fingerprint density at radius 3 is 2.22 bits per heavy atom. The number of benzene rings is 2. The second kappa shape index (κ2) is 9.53. The van der Waals surface area contributed by atoms with Crippen LogP contribution in [0.3, 0.4) is 0 Å². The zero-order valence-corrected chi connectivity index (χ0v) is 15.6. The van der Waals surface area contributed by atoms with Gasteiger partial charge in [-0.05, 0) is 48.1 Å². The van der Waals surface area contributed by atoms with Gasteiger partial charge in [0.2, 0.25) is 0 Å².